The molecule has 1 aliphatic heterocycles. The van der Waals surface area contributed by atoms with Crippen LogP contribution >= 0.6 is 0 Å². The molecule has 1 fully saturated rings. The predicted octanol–water partition coefficient (Wildman–Crippen LogP) is 2.33. The molecule has 3 heteroatoms. The van der Waals surface area contributed by atoms with Crippen molar-refractivity contribution >= 4 is 11.6 Å². The second kappa shape index (κ2) is 5.53. The molecule has 3 nitrogen and oxygen atoms in total. The number of amides is 1. The van der Waals surface area contributed by atoms with Crippen LogP contribution in [0, 0.1) is 20.8 Å². The summed E-state index contributed by atoms with van der Waals surface area (Å²) in [5, 5.41) is 3.20. The monoisotopic (exact) mass is 246 g/mol. The molecule has 1 saturated heterocycles. The molecule has 0 radical (unpaired) electrons. The molecule has 0 atom stereocenters. The van der Waals surface area contributed by atoms with Gasteiger partial charge in [0.1, 0.15) is 0 Å². The lowest BCUT2D eigenvalue weighted by Crippen LogP contribution is -2.42. The summed E-state index contributed by atoms with van der Waals surface area (Å²) < 4.78 is 0. The van der Waals surface area contributed by atoms with Crippen molar-refractivity contribution in [2.24, 2.45) is 0 Å². The quantitative estimate of drug-likeness (QED) is 0.825. The zero-order valence-corrected chi connectivity index (χ0v) is 11.5. The number of carbonyl (C=O) groups is 1. The van der Waals surface area contributed by atoms with E-state index in [0.29, 0.717) is 6.54 Å². The number of hydrogen-bond acceptors (Lipinski definition) is 2. The van der Waals surface area contributed by atoms with Gasteiger partial charge in [-0.15, -0.1) is 0 Å². The van der Waals surface area contributed by atoms with Gasteiger partial charge < -0.3 is 10.2 Å². The van der Waals surface area contributed by atoms with Gasteiger partial charge in [0, 0.05) is 12.2 Å². The largest absolute Gasteiger partial charge is 0.311 e. The van der Waals surface area contributed by atoms with Crippen LogP contribution in [0.4, 0.5) is 5.69 Å². The average molecular weight is 246 g/mol. The number of nitrogens with one attached hydrogen (secondary N) is 1. The Morgan fingerprint density at radius 3 is 2.44 bits per heavy atom. The van der Waals surface area contributed by atoms with Crippen molar-refractivity contribution in [1.29, 1.82) is 0 Å². The van der Waals surface area contributed by atoms with Crippen LogP contribution in [0.5, 0.6) is 0 Å². The van der Waals surface area contributed by atoms with Crippen molar-refractivity contribution in [2.45, 2.75) is 33.6 Å². The third-order valence-corrected chi connectivity index (χ3v) is 3.47. The van der Waals surface area contributed by atoms with E-state index in [9.17, 15) is 4.79 Å². The molecule has 0 aliphatic carbocycles. The highest BCUT2D eigenvalue weighted by molar-refractivity contribution is 5.96. The van der Waals surface area contributed by atoms with Crippen LogP contribution in [0.15, 0.2) is 12.1 Å². The number of anilines is 1. The van der Waals surface area contributed by atoms with Crippen LogP contribution in [0.25, 0.3) is 0 Å². The topological polar surface area (TPSA) is 32.3 Å². The maximum Gasteiger partial charge on any atom is 0.240 e. The van der Waals surface area contributed by atoms with E-state index in [2.05, 4.69) is 38.2 Å². The molecule has 0 saturated carbocycles. The summed E-state index contributed by atoms with van der Waals surface area (Å²) in [5.41, 5.74) is 4.75. The molecule has 1 heterocycles. The SMILES string of the molecule is Cc1cc(C)c(N2CCCCNCC2=O)c(C)c1. The first-order valence-corrected chi connectivity index (χ1v) is 6.68. The van der Waals surface area contributed by atoms with Crippen molar-refractivity contribution in [3.63, 3.8) is 0 Å². The summed E-state index contributed by atoms with van der Waals surface area (Å²) in [4.78, 5) is 14.2. The molecule has 0 aromatic heterocycles. The minimum Gasteiger partial charge on any atom is -0.311 e. The fourth-order valence-corrected chi connectivity index (χ4v) is 2.77. The minimum atomic E-state index is 0.185. The lowest BCUT2D eigenvalue weighted by molar-refractivity contribution is -0.118. The first kappa shape index (κ1) is 13.1. The summed E-state index contributed by atoms with van der Waals surface area (Å²) in [7, 11) is 0. The Morgan fingerprint density at radius 2 is 1.78 bits per heavy atom. The number of carbonyl (C=O) groups excluding carboxylic acids is 1. The van der Waals surface area contributed by atoms with E-state index in [0.717, 1.165) is 31.6 Å². The van der Waals surface area contributed by atoms with Gasteiger partial charge >= 0.3 is 0 Å². The lowest BCUT2D eigenvalue weighted by Gasteiger charge is -2.28. The Balaban J connectivity index is 2.36. The molecule has 98 valence electrons. The standard InChI is InChI=1S/C15H22N2O/c1-11-8-12(2)15(13(3)9-11)17-7-5-4-6-16-10-14(17)18/h8-9,16H,4-7,10H2,1-3H3. The molecule has 2 rings (SSSR count). The van der Waals surface area contributed by atoms with Gasteiger partial charge in [0.25, 0.3) is 0 Å². The molecule has 1 aromatic carbocycles. The number of rotatable bonds is 1. The van der Waals surface area contributed by atoms with E-state index in [1.165, 1.54) is 16.7 Å². The normalized spacial score (nSPS) is 17.5. The van der Waals surface area contributed by atoms with E-state index in [1.54, 1.807) is 0 Å². The molecule has 1 amide bonds. The molecular formula is C15H22N2O. The average Bonchev–Trinajstić information content (AvgIpc) is 2.26. The van der Waals surface area contributed by atoms with Crippen LogP contribution in [0.1, 0.15) is 29.5 Å². The second-order valence-corrected chi connectivity index (χ2v) is 5.18. The van der Waals surface area contributed by atoms with E-state index >= 15 is 0 Å². The highest BCUT2D eigenvalue weighted by Crippen LogP contribution is 2.27. The van der Waals surface area contributed by atoms with Crippen LogP contribution < -0.4 is 10.2 Å². The third kappa shape index (κ3) is 2.72. The molecule has 0 spiro atoms. The highest BCUT2D eigenvalue weighted by Gasteiger charge is 2.20. The minimum absolute atomic E-state index is 0.185. The molecule has 1 aliphatic rings. The van der Waals surface area contributed by atoms with Gasteiger partial charge in [0.15, 0.2) is 0 Å². The first-order chi connectivity index (χ1) is 8.59. The molecular weight excluding hydrogens is 224 g/mol. The fraction of sp³-hybridized carbons (Fsp3) is 0.533. The third-order valence-electron chi connectivity index (χ3n) is 3.47. The zero-order chi connectivity index (χ0) is 13.1. The van der Waals surface area contributed by atoms with Crippen molar-refractivity contribution in [3.8, 4) is 0 Å². The second-order valence-electron chi connectivity index (χ2n) is 5.18. The Labute approximate surface area is 109 Å². The number of aryl methyl sites for hydroxylation is 3. The first-order valence-electron chi connectivity index (χ1n) is 6.68. The van der Waals surface area contributed by atoms with Crippen LogP contribution in [-0.2, 0) is 4.79 Å². The number of hydrogen-bond donors (Lipinski definition) is 1. The summed E-state index contributed by atoms with van der Waals surface area (Å²) in [6.07, 6.45) is 2.19. The summed E-state index contributed by atoms with van der Waals surface area (Å²) >= 11 is 0. The van der Waals surface area contributed by atoms with E-state index in [4.69, 9.17) is 0 Å². The van der Waals surface area contributed by atoms with E-state index in [-0.39, 0.29) is 5.91 Å². The van der Waals surface area contributed by atoms with Gasteiger partial charge in [0.2, 0.25) is 5.91 Å². The summed E-state index contributed by atoms with van der Waals surface area (Å²) in [6.45, 7) is 8.52. The smallest absolute Gasteiger partial charge is 0.240 e. The van der Waals surface area contributed by atoms with Gasteiger partial charge in [0.05, 0.1) is 6.54 Å². The van der Waals surface area contributed by atoms with Gasteiger partial charge in [-0.3, -0.25) is 4.79 Å². The van der Waals surface area contributed by atoms with Crippen LogP contribution in [0.3, 0.4) is 0 Å². The molecule has 1 N–H and O–H groups in total. The molecule has 1 aromatic rings. The van der Waals surface area contributed by atoms with Gasteiger partial charge in [-0.1, -0.05) is 17.7 Å². The van der Waals surface area contributed by atoms with Crippen molar-refractivity contribution in [2.75, 3.05) is 24.5 Å². The Hall–Kier alpha value is -1.35. The van der Waals surface area contributed by atoms with Gasteiger partial charge in [-0.05, 0) is 51.3 Å². The molecule has 18 heavy (non-hydrogen) atoms. The van der Waals surface area contributed by atoms with Crippen LogP contribution in [-0.4, -0.2) is 25.5 Å². The van der Waals surface area contributed by atoms with E-state index < -0.39 is 0 Å². The predicted molar refractivity (Wildman–Crippen MR) is 75.1 cm³/mol. The maximum atomic E-state index is 12.2. The Morgan fingerprint density at radius 1 is 1.11 bits per heavy atom. The maximum absolute atomic E-state index is 12.2. The Bertz CT molecular complexity index is 431. The van der Waals surface area contributed by atoms with Gasteiger partial charge in [-0.25, -0.2) is 0 Å². The zero-order valence-electron chi connectivity index (χ0n) is 11.5. The Kier molecular flexibility index (Phi) is 4.02. The summed E-state index contributed by atoms with van der Waals surface area (Å²) in [5.74, 6) is 0.185. The van der Waals surface area contributed by atoms with E-state index in [1.807, 2.05) is 4.90 Å². The number of nitrogens with zero attached hydrogens (tertiary/aromatic N) is 1. The molecule has 0 bridgehead atoms. The van der Waals surface area contributed by atoms with Crippen molar-refractivity contribution < 1.29 is 4.79 Å². The number of benzene rings is 1. The van der Waals surface area contributed by atoms with Crippen molar-refractivity contribution in [1.82, 2.24) is 5.32 Å². The van der Waals surface area contributed by atoms with Gasteiger partial charge in [-0.2, -0.15) is 0 Å². The van der Waals surface area contributed by atoms with Crippen LogP contribution in [0.2, 0.25) is 0 Å². The lowest BCUT2D eigenvalue weighted by atomic mass is 10.0. The summed E-state index contributed by atoms with van der Waals surface area (Å²) in [6, 6.07) is 4.31. The highest BCUT2D eigenvalue weighted by atomic mass is 16.2. The van der Waals surface area contributed by atoms with Crippen molar-refractivity contribution in [3.05, 3.63) is 28.8 Å². The molecule has 0 unspecified atom stereocenters. The fourth-order valence-electron chi connectivity index (χ4n) is 2.77.